The van der Waals surface area contributed by atoms with Crippen LogP contribution >= 0.6 is 11.6 Å². The van der Waals surface area contributed by atoms with Gasteiger partial charge in [-0.25, -0.2) is 0 Å². The van der Waals surface area contributed by atoms with Crippen molar-refractivity contribution in [2.75, 3.05) is 0 Å². The van der Waals surface area contributed by atoms with Crippen LogP contribution in [0, 0.1) is 6.92 Å². The van der Waals surface area contributed by atoms with E-state index in [-0.39, 0.29) is 0 Å². The minimum Gasteiger partial charge on any atom is -0.264 e. The van der Waals surface area contributed by atoms with Gasteiger partial charge in [-0.15, -0.1) is 0 Å². The number of halogens is 1. The van der Waals surface area contributed by atoms with Crippen molar-refractivity contribution >= 4 is 11.6 Å². The van der Waals surface area contributed by atoms with Crippen molar-refractivity contribution in [1.82, 2.24) is 9.97 Å². The Morgan fingerprint density at radius 2 is 2.07 bits per heavy atom. The van der Waals surface area contributed by atoms with Crippen molar-refractivity contribution in [3.05, 3.63) is 47.4 Å². The molecule has 2 nitrogen and oxygen atoms in total. The smallest absolute Gasteiger partial charge is 0.0720 e. The molecule has 0 spiro atoms. The molecule has 2 heterocycles. The van der Waals surface area contributed by atoms with E-state index < -0.39 is 0 Å². The molecule has 0 fully saturated rings. The quantitative estimate of drug-likeness (QED) is 0.714. The minimum absolute atomic E-state index is 0.700. The number of hydrogen-bond donors (Lipinski definition) is 0. The van der Waals surface area contributed by atoms with E-state index in [0.29, 0.717) is 5.02 Å². The van der Waals surface area contributed by atoms with Crippen LogP contribution in [-0.4, -0.2) is 9.97 Å². The highest BCUT2D eigenvalue weighted by atomic mass is 35.5. The largest absolute Gasteiger partial charge is 0.264 e. The Balaban J connectivity index is 2.55. The second-order valence-corrected chi connectivity index (χ2v) is 3.49. The Labute approximate surface area is 87.6 Å². The van der Waals surface area contributed by atoms with Crippen molar-refractivity contribution in [3.63, 3.8) is 0 Å². The van der Waals surface area contributed by atoms with Gasteiger partial charge in [0.15, 0.2) is 0 Å². The van der Waals surface area contributed by atoms with Gasteiger partial charge in [-0.3, -0.25) is 9.97 Å². The number of aromatic nitrogens is 2. The summed E-state index contributed by atoms with van der Waals surface area (Å²) in [7, 11) is 0. The summed E-state index contributed by atoms with van der Waals surface area (Å²) >= 11 is 5.89. The molecule has 0 unspecified atom stereocenters. The van der Waals surface area contributed by atoms with Gasteiger partial charge in [0.1, 0.15) is 0 Å². The first-order chi connectivity index (χ1) is 6.77. The summed E-state index contributed by atoms with van der Waals surface area (Å²) < 4.78 is 0. The summed E-state index contributed by atoms with van der Waals surface area (Å²) in [6.45, 7) is 2.00. The van der Waals surface area contributed by atoms with E-state index in [1.54, 1.807) is 18.5 Å². The first-order valence-corrected chi connectivity index (χ1v) is 4.68. The fourth-order valence-corrected chi connectivity index (χ4v) is 1.47. The third kappa shape index (κ3) is 1.75. The standard InChI is InChI=1S/C11H9ClN2/c1-8-7-13-4-3-10(8)11-6-9(12)2-5-14-11/h2-7H,1H3. The molecule has 70 valence electrons. The molecule has 2 rings (SSSR count). The number of nitrogens with zero attached hydrogens (tertiary/aromatic N) is 2. The third-order valence-corrected chi connectivity index (χ3v) is 2.25. The highest BCUT2D eigenvalue weighted by Gasteiger charge is 2.02. The maximum absolute atomic E-state index is 5.89. The van der Waals surface area contributed by atoms with Crippen molar-refractivity contribution in [3.8, 4) is 11.3 Å². The van der Waals surface area contributed by atoms with E-state index in [0.717, 1.165) is 16.8 Å². The van der Waals surface area contributed by atoms with E-state index in [9.17, 15) is 0 Å². The lowest BCUT2D eigenvalue weighted by Crippen LogP contribution is -1.87. The third-order valence-electron chi connectivity index (χ3n) is 2.02. The van der Waals surface area contributed by atoms with Gasteiger partial charge in [-0.2, -0.15) is 0 Å². The van der Waals surface area contributed by atoms with Crippen LogP contribution in [0.5, 0.6) is 0 Å². The maximum Gasteiger partial charge on any atom is 0.0720 e. The molecule has 14 heavy (non-hydrogen) atoms. The molecule has 0 saturated carbocycles. The second-order valence-electron chi connectivity index (χ2n) is 3.05. The lowest BCUT2D eigenvalue weighted by molar-refractivity contribution is 1.24. The molecule has 3 heteroatoms. The maximum atomic E-state index is 5.89. The van der Waals surface area contributed by atoms with Gasteiger partial charge in [0, 0.05) is 29.2 Å². The van der Waals surface area contributed by atoms with Gasteiger partial charge in [0.2, 0.25) is 0 Å². The summed E-state index contributed by atoms with van der Waals surface area (Å²) in [6.07, 6.45) is 5.28. The highest BCUT2D eigenvalue weighted by Crippen LogP contribution is 2.22. The molecule has 2 aromatic rings. The molecular formula is C11H9ClN2. The van der Waals surface area contributed by atoms with E-state index in [1.165, 1.54) is 0 Å². The predicted octanol–water partition coefficient (Wildman–Crippen LogP) is 3.11. The first-order valence-electron chi connectivity index (χ1n) is 4.30. The molecule has 0 amide bonds. The zero-order chi connectivity index (χ0) is 9.97. The molecule has 0 atom stereocenters. The molecule has 0 radical (unpaired) electrons. The summed E-state index contributed by atoms with van der Waals surface area (Å²) in [6, 6.07) is 5.56. The van der Waals surface area contributed by atoms with Gasteiger partial charge in [-0.05, 0) is 30.7 Å². The van der Waals surface area contributed by atoms with Crippen LogP contribution in [0.15, 0.2) is 36.8 Å². The van der Waals surface area contributed by atoms with Crippen LogP contribution in [0.25, 0.3) is 11.3 Å². The second kappa shape index (κ2) is 3.76. The zero-order valence-corrected chi connectivity index (χ0v) is 8.49. The lowest BCUT2D eigenvalue weighted by Gasteiger charge is -2.03. The molecular weight excluding hydrogens is 196 g/mol. The van der Waals surface area contributed by atoms with Crippen LogP contribution in [0.1, 0.15) is 5.56 Å². The van der Waals surface area contributed by atoms with Gasteiger partial charge >= 0.3 is 0 Å². The minimum atomic E-state index is 0.700. The lowest BCUT2D eigenvalue weighted by atomic mass is 10.1. The summed E-state index contributed by atoms with van der Waals surface area (Å²) in [5, 5.41) is 0.700. The molecule has 0 N–H and O–H groups in total. The zero-order valence-electron chi connectivity index (χ0n) is 7.74. The number of aryl methyl sites for hydroxylation is 1. The molecule has 2 aromatic heterocycles. The fraction of sp³-hybridized carbons (Fsp3) is 0.0909. The van der Waals surface area contributed by atoms with Crippen molar-refractivity contribution in [2.24, 2.45) is 0 Å². The van der Waals surface area contributed by atoms with E-state index in [4.69, 9.17) is 11.6 Å². The van der Waals surface area contributed by atoms with Crippen LogP contribution in [0.2, 0.25) is 5.02 Å². The van der Waals surface area contributed by atoms with Crippen molar-refractivity contribution < 1.29 is 0 Å². The van der Waals surface area contributed by atoms with Gasteiger partial charge in [0.25, 0.3) is 0 Å². The summed E-state index contributed by atoms with van der Waals surface area (Å²) in [5.74, 6) is 0. The van der Waals surface area contributed by atoms with Crippen LogP contribution in [0.3, 0.4) is 0 Å². The van der Waals surface area contributed by atoms with Crippen molar-refractivity contribution in [1.29, 1.82) is 0 Å². The Morgan fingerprint density at radius 3 is 2.79 bits per heavy atom. The molecule has 0 aliphatic rings. The molecule has 0 aromatic carbocycles. The SMILES string of the molecule is Cc1cnccc1-c1cc(Cl)ccn1. The number of hydrogen-bond acceptors (Lipinski definition) is 2. The van der Waals surface area contributed by atoms with E-state index in [2.05, 4.69) is 9.97 Å². The molecule has 0 aliphatic heterocycles. The van der Waals surface area contributed by atoms with Crippen LogP contribution in [0.4, 0.5) is 0 Å². The Morgan fingerprint density at radius 1 is 1.21 bits per heavy atom. The molecule has 0 aliphatic carbocycles. The van der Waals surface area contributed by atoms with E-state index >= 15 is 0 Å². The normalized spacial score (nSPS) is 10.1. The molecule has 0 saturated heterocycles. The monoisotopic (exact) mass is 204 g/mol. The Bertz CT molecular complexity index is 455. The first kappa shape index (κ1) is 9.16. The van der Waals surface area contributed by atoms with Gasteiger partial charge in [0.05, 0.1) is 5.69 Å². The van der Waals surface area contributed by atoms with Crippen molar-refractivity contribution in [2.45, 2.75) is 6.92 Å². The number of pyridine rings is 2. The molecule has 0 bridgehead atoms. The number of rotatable bonds is 1. The van der Waals surface area contributed by atoms with Crippen LogP contribution in [-0.2, 0) is 0 Å². The summed E-state index contributed by atoms with van der Waals surface area (Å²) in [5.41, 5.74) is 3.06. The highest BCUT2D eigenvalue weighted by molar-refractivity contribution is 6.30. The van der Waals surface area contributed by atoms with E-state index in [1.807, 2.05) is 25.3 Å². The van der Waals surface area contributed by atoms with Gasteiger partial charge < -0.3 is 0 Å². The topological polar surface area (TPSA) is 25.8 Å². The Hall–Kier alpha value is -1.41. The summed E-state index contributed by atoms with van der Waals surface area (Å²) in [4.78, 5) is 8.29. The van der Waals surface area contributed by atoms with Gasteiger partial charge in [-0.1, -0.05) is 11.6 Å². The average molecular weight is 205 g/mol. The fourth-order valence-electron chi connectivity index (χ4n) is 1.31. The predicted molar refractivity (Wildman–Crippen MR) is 57.2 cm³/mol. The Kier molecular flexibility index (Phi) is 2.46. The average Bonchev–Trinajstić information content (AvgIpc) is 2.18. The van der Waals surface area contributed by atoms with Crippen LogP contribution < -0.4 is 0 Å².